The number of ether oxygens (including phenoxy) is 1. The Bertz CT molecular complexity index is 130. The molecular formula is C5H7ClO3. The molecule has 0 rings (SSSR count). The number of rotatable bonds is 3. The van der Waals surface area contributed by atoms with Gasteiger partial charge in [-0.1, -0.05) is 0 Å². The van der Waals surface area contributed by atoms with Crippen LogP contribution < -0.4 is 0 Å². The summed E-state index contributed by atoms with van der Waals surface area (Å²) in [5.41, 5.74) is 0. The first-order valence-corrected chi connectivity index (χ1v) is 2.79. The number of hydrogen-bond acceptors (Lipinski definition) is 2. The van der Waals surface area contributed by atoms with Crippen LogP contribution in [0.4, 0.5) is 0 Å². The Hall–Kier alpha value is -0.700. The molecule has 4 heteroatoms. The zero-order valence-electron chi connectivity index (χ0n) is 4.93. The Labute approximate surface area is 57.9 Å². The third kappa shape index (κ3) is 2.98. The number of aliphatic carboxylic acids is 1. The Kier molecular flexibility index (Phi) is 3.88. The summed E-state index contributed by atoms with van der Waals surface area (Å²) in [4.78, 5) is 10.1. The van der Waals surface area contributed by atoms with Gasteiger partial charge in [0.1, 0.15) is 0 Å². The van der Waals surface area contributed by atoms with E-state index in [1.54, 1.807) is 0 Å². The molecule has 0 fully saturated rings. The molecule has 0 aromatic heterocycles. The number of carbonyl (C=O) groups is 1. The lowest BCUT2D eigenvalue weighted by molar-refractivity contribution is -0.136. The zero-order valence-corrected chi connectivity index (χ0v) is 5.68. The van der Waals surface area contributed by atoms with Gasteiger partial charge in [0.15, 0.2) is 0 Å². The van der Waals surface area contributed by atoms with Crippen molar-refractivity contribution in [2.75, 3.05) is 13.0 Å². The molecule has 0 aliphatic carbocycles. The number of carboxylic acid groups (broad SMARTS) is 1. The second-order valence-corrected chi connectivity index (χ2v) is 1.54. The van der Waals surface area contributed by atoms with Crippen LogP contribution in [0.15, 0.2) is 11.8 Å². The van der Waals surface area contributed by atoms with Crippen molar-refractivity contribution in [1.29, 1.82) is 0 Å². The Morgan fingerprint density at radius 2 is 2.44 bits per heavy atom. The summed E-state index contributed by atoms with van der Waals surface area (Å²) in [5, 5.41) is 8.25. The molecule has 52 valence electrons. The van der Waals surface area contributed by atoms with E-state index in [1.807, 2.05) is 0 Å². The fourth-order valence-corrected chi connectivity index (χ4v) is 0.468. The average molecular weight is 151 g/mol. The maximum atomic E-state index is 10.1. The van der Waals surface area contributed by atoms with E-state index in [-0.39, 0.29) is 11.6 Å². The van der Waals surface area contributed by atoms with Gasteiger partial charge in [-0.15, -0.1) is 11.6 Å². The predicted octanol–water partition coefficient (Wildman–Crippen LogP) is 0.840. The van der Waals surface area contributed by atoms with Gasteiger partial charge in [0, 0.05) is 5.88 Å². The van der Waals surface area contributed by atoms with Gasteiger partial charge in [0.05, 0.1) is 7.11 Å². The van der Waals surface area contributed by atoms with Crippen molar-refractivity contribution in [3.05, 3.63) is 11.8 Å². The summed E-state index contributed by atoms with van der Waals surface area (Å²) in [5.74, 6) is -1.07. The first kappa shape index (κ1) is 8.30. The Morgan fingerprint density at radius 3 is 2.56 bits per heavy atom. The first-order chi connectivity index (χ1) is 4.22. The zero-order chi connectivity index (χ0) is 7.28. The molecule has 0 spiro atoms. The normalized spacial score (nSPS) is 11.1. The number of hydrogen-bond donors (Lipinski definition) is 1. The van der Waals surface area contributed by atoms with Crippen molar-refractivity contribution in [2.24, 2.45) is 0 Å². The van der Waals surface area contributed by atoms with E-state index in [9.17, 15) is 4.79 Å². The second-order valence-electron chi connectivity index (χ2n) is 1.23. The molecular weight excluding hydrogens is 144 g/mol. The van der Waals surface area contributed by atoms with Crippen molar-refractivity contribution in [1.82, 2.24) is 0 Å². The van der Waals surface area contributed by atoms with Crippen LogP contribution >= 0.6 is 11.6 Å². The molecule has 0 aromatic rings. The number of halogens is 1. The van der Waals surface area contributed by atoms with E-state index in [2.05, 4.69) is 4.74 Å². The van der Waals surface area contributed by atoms with Gasteiger partial charge >= 0.3 is 5.97 Å². The highest BCUT2D eigenvalue weighted by Crippen LogP contribution is 1.94. The van der Waals surface area contributed by atoms with Crippen LogP contribution in [0.2, 0.25) is 0 Å². The minimum Gasteiger partial charge on any atom is -0.490 e. The summed E-state index contributed by atoms with van der Waals surface area (Å²) in [6.07, 6.45) is 1.28. The van der Waals surface area contributed by atoms with Crippen molar-refractivity contribution in [2.45, 2.75) is 0 Å². The van der Waals surface area contributed by atoms with Gasteiger partial charge in [-0.2, -0.15) is 0 Å². The van der Waals surface area contributed by atoms with Crippen LogP contribution in [-0.4, -0.2) is 24.1 Å². The van der Waals surface area contributed by atoms with Gasteiger partial charge in [-0.25, -0.2) is 4.79 Å². The van der Waals surface area contributed by atoms with Gasteiger partial charge in [-0.3, -0.25) is 0 Å². The number of carboxylic acids is 1. The van der Waals surface area contributed by atoms with Crippen LogP contribution in [0.1, 0.15) is 0 Å². The van der Waals surface area contributed by atoms with E-state index >= 15 is 0 Å². The molecule has 0 bridgehead atoms. The van der Waals surface area contributed by atoms with Gasteiger partial charge in [0.2, 0.25) is 5.76 Å². The maximum Gasteiger partial charge on any atom is 0.370 e. The van der Waals surface area contributed by atoms with Crippen molar-refractivity contribution in [3.8, 4) is 0 Å². The van der Waals surface area contributed by atoms with E-state index < -0.39 is 5.97 Å². The number of alkyl halides is 1. The van der Waals surface area contributed by atoms with Crippen LogP contribution in [0.5, 0.6) is 0 Å². The quantitative estimate of drug-likeness (QED) is 0.369. The lowest BCUT2D eigenvalue weighted by atomic mass is 10.5. The first-order valence-electron chi connectivity index (χ1n) is 2.25. The summed E-state index contributed by atoms with van der Waals surface area (Å²) in [7, 11) is 1.28. The molecule has 3 nitrogen and oxygen atoms in total. The standard InChI is InChI=1S/C5H7ClO3/c1-9-4(2-3-6)5(7)8/h2H,3H2,1H3,(H,7,8)/b4-2+. The van der Waals surface area contributed by atoms with Crippen molar-refractivity contribution >= 4 is 17.6 Å². The monoisotopic (exact) mass is 150 g/mol. The maximum absolute atomic E-state index is 10.1. The summed E-state index contributed by atoms with van der Waals surface area (Å²) >= 11 is 5.20. The Balaban J connectivity index is 3.98. The fraction of sp³-hybridized carbons (Fsp3) is 0.400. The van der Waals surface area contributed by atoms with E-state index in [0.29, 0.717) is 0 Å². The molecule has 0 aromatic carbocycles. The highest BCUT2D eigenvalue weighted by Gasteiger charge is 2.03. The lowest BCUT2D eigenvalue weighted by Gasteiger charge is -1.96. The minimum atomic E-state index is -1.10. The molecule has 0 aliphatic heterocycles. The van der Waals surface area contributed by atoms with E-state index in [0.717, 1.165) is 0 Å². The van der Waals surface area contributed by atoms with Gasteiger partial charge in [0.25, 0.3) is 0 Å². The largest absolute Gasteiger partial charge is 0.490 e. The van der Waals surface area contributed by atoms with Crippen LogP contribution in [-0.2, 0) is 9.53 Å². The van der Waals surface area contributed by atoms with Crippen molar-refractivity contribution in [3.63, 3.8) is 0 Å². The molecule has 0 unspecified atom stereocenters. The molecule has 1 N–H and O–H groups in total. The molecule has 0 heterocycles. The molecule has 0 saturated carbocycles. The topological polar surface area (TPSA) is 46.5 Å². The fourth-order valence-electron chi connectivity index (χ4n) is 0.328. The smallest absolute Gasteiger partial charge is 0.370 e. The molecule has 0 aliphatic rings. The molecule has 0 radical (unpaired) electrons. The third-order valence-electron chi connectivity index (χ3n) is 0.693. The van der Waals surface area contributed by atoms with Crippen LogP contribution in [0, 0.1) is 0 Å². The minimum absolute atomic E-state index is 0.120. The van der Waals surface area contributed by atoms with Crippen LogP contribution in [0.25, 0.3) is 0 Å². The average Bonchev–Trinajstić information content (AvgIpc) is 1.82. The van der Waals surface area contributed by atoms with Crippen LogP contribution in [0.3, 0.4) is 0 Å². The van der Waals surface area contributed by atoms with Gasteiger partial charge in [-0.05, 0) is 6.08 Å². The Morgan fingerprint density at radius 1 is 1.89 bits per heavy atom. The second kappa shape index (κ2) is 4.21. The van der Waals surface area contributed by atoms with E-state index in [4.69, 9.17) is 16.7 Å². The highest BCUT2D eigenvalue weighted by atomic mass is 35.5. The summed E-state index contributed by atoms with van der Waals surface area (Å²) in [6, 6.07) is 0. The lowest BCUT2D eigenvalue weighted by Crippen LogP contribution is -2.02. The highest BCUT2D eigenvalue weighted by molar-refractivity contribution is 6.19. The number of allylic oxidation sites excluding steroid dienone is 1. The molecule has 0 saturated heterocycles. The van der Waals surface area contributed by atoms with E-state index in [1.165, 1.54) is 13.2 Å². The molecule has 0 amide bonds. The molecule has 9 heavy (non-hydrogen) atoms. The van der Waals surface area contributed by atoms with Crippen molar-refractivity contribution < 1.29 is 14.6 Å². The predicted molar refractivity (Wildman–Crippen MR) is 33.4 cm³/mol. The van der Waals surface area contributed by atoms with Gasteiger partial charge < -0.3 is 9.84 Å². The molecule has 0 atom stereocenters. The third-order valence-corrected chi connectivity index (χ3v) is 0.848. The number of methoxy groups -OCH3 is 1. The summed E-state index contributed by atoms with van der Waals surface area (Å²) < 4.78 is 4.43. The SMILES string of the molecule is CO/C(=C/CCl)C(=O)O. The summed E-state index contributed by atoms with van der Waals surface area (Å²) in [6.45, 7) is 0.